The molecule has 0 radical (unpaired) electrons. The van der Waals surface area contributed by atoms with Crippen LogP contribution in [-0.2, 0) is 20.1 Å². The number of hydrogen-bond acceptors (Lipinski definition) is 6. The fraction of sp³-hybridized carbons (Fsp3) is 0.250. The third-order valence-corrected chi connectivity index (χ3v) is 2.14. The highest BCUT2D eigenvalue weighted by Gasteiger charge is 2.34. The lowest BCUT2D eigenvalue weighted by molar-refractivity contribution is 0.139. The number of rotatable bonds is 5. The van der Waals surface area contributed by atoms with Crippen LogP contribution in [0.3, 0.4) is 0 Å². The number of carbonyl (C=O) groups excluding carboxylic acids is 3. The maximum atomic E-state index is 11.5. The maximum absolute atomic E-state index is 11.5. The second kappa shape index (κ2) is 6.86. The molecule has 0 unspecified atom stereocenters. The molecule has 19 heavy (non-hydrogen) atoms. The van der Waals surface area contributed by atoms with E-state index >= 15 is 0 Å². The number of benzene rings is 1. The number of amides is 1. The zero-order valence-electron chi connectivity index (χ0n) is 10.1. The number of isocyanates is 2. The summed E-state index contributed by atoms with van der Waals surface area (Å²) >= 11 is 0. The van der Waals surface area contributed by atoms with Gasteiger partial charge in [-0.2, -0.15) is 0 Å². The molecule has 1 rings (SSSR count). The fourth-order valence-corrected chi connectivity index (χ4v) is 1.39. The summed E-state index contributed by atoms with van der Waals surface area (Å²) in [7, 11) is 0. The minimum atomic E-state index is -1.91. The highest BCUT2D eigenvalue weighted by Crippen LogP contribution is 2.23. The maximum Gasteiger partial charge on any atom is 0.410 e. The average molecular weight is 261 g/mol. The van der Waals surface area contributed by atoms with Crippen molar-refractivity contribution in [2.45, 2.75) is 12.7 Å². The Morgan fingerprint density at radius 2 is 1.84 bits per heavy atom. The van der Waals surface area contributed by atoms with Crippen molar-refractivity contribution in [3.05, 3.63) is 35.9 Å². The van der Waals surface area contributed by atoms with Gasteiger partial charge in [-0.1, -0.05) is 30.3 Å². The van der Waals surface area contributed by atoms with Crippen molar-refractivity contribution in [2.75, 3.05) is 6.61 Å². The third-order valence-electron chi connectivity index (χ3n) is 2.14. The van der Waals surface area contributed by atoms with Crippen LogP contribution in [0.1, 0.15) is 12.5 Å². The SMILES string of the molecule is CCOC(=O)NC(N=C=O)(N=C=O)c1ccccc1. The van der Waals surface area contributed by atoms with Gasteiger partial charge in [0.25, 0.3) is 5.79 Å². The Morgan fingerprint density at radius 3 is 2.32 bits per heavy atom. The Labute approximate surface area is 109 Å². The first-order valence-electron chi connectivity index (χ1n) is 5.37. The van der Waals surface area contributed by atoms with Crippen molar-refractivity contribution in [1.29, 1.82) is 0 Å². The fourth-order valence-electron chi connectivity index (χ4n) is 1.39. The van der Waals surface area contributed by atoms with Gasteiger partial charge in [0.1, 0.15) is 0 Å². The normalized spacial score (nSPS) is 12.3. The van der Waals surface area contributed by atoms with Crippen LogP contribution in [0.2, 0.25) is 0 Å². The van der Waals surface area contributed by atoms with Crippen molar-refractivity contribution in [1.82, 2.24) is 5.32 Å². The number of ether oxygens (including phenoxy) is 1. The van der Waals surface area contributed by atoms with E-state index in [0.717, 1.165) is 0 Å². The average Bonchev–Trinajstić information content (AvgIpc) is 2.40. The third kappa shape index (κ3) is 3.61. The Balaban J connectivity index is 3.26. The summed E-state index contributed by atoms with van der Waals surface area (Å²) in [6, 6.07) is 8.06. The van der Waals surface area contributed by atoms with Gasteiger partial charge in [0.2, 0.25) is 12.2 Å². The van der Waals surface area contributed by atoms with E-state index in [0.29, 0.717) is 5.56 Å². The van der Waals surface area contributed by atoms with Crippen LogP contribution in [0, 0.1) is 0 Å². The molecular weight excluding hydrogens is 250 g/mol. The van der Waals surface area contributed by atoms with E-state index in [-0.39, 0.29) is 6.61 Å². The predicted octanol–water partition coefficient (Wildman–Crippen LogP) is 1.21. The molecule has 1 aromatic carbocycles. The lowest BCUT2D eigenvalue weighted by Crippen LogP contribution is -2.43. The van der Waals surface area contributed by atoms with Crippen molar-refractivity contribution in [3.63, 3.8) is 0 Å². The molecule has 0 aliphatic carbocycles. The number of hydrogen-bond donors (Lipinski definition) is 1. The van der Waals surface area contributed by atoms with Gasteiger partial charge in [0.05, 0.1) is 6.61 Å². The van der Waals surface area contributed by atoms with Crippen LogP contribution in [0.5, 0.6) is 0 Å². The Hall–Kier alpha value is -2.75. The molecule has 0 aliphatic rings. The molecule has 98 valence electrons. The van der Waals surface area contributed by atoms with Crippen LogP contribution < -0.4 is 5.32 Å². The summed E-state index contributed by atoms with van der Waals surface area (Å²) in [6.45, 7) is 1.72. The first-order chi connectivity index (χ1) is 9.18. The van der Waals surface area contributed by atoms with Gasteiger partial charge >= 0.3 is 6.09 Å². The van der Waals surface area contributed by atoms with Crippen LogP contribution in [0.25, 0.3) is 0 Å². The lowest BCUT2D eigenvalue weighted by Gasteiger charge is -2.23. The molecule has 1 amide bonds. The molecular formula is C12H11N3O4. The van der Waals surface area contributed by atoms with E-state index in [1.54, 1.807) is 25.1 Å². The number of carbonyl (C=O) groups is 1. The number of nitrogens with zero attached hydrogens (tertiary/aromatic N) is 2. The molecule has 0 fully saturated rings. The molecule has 7 heteroatoms. The second-order valence-corrected chi connectivity index (χ2v) is 3.29. The molecule has 0 saturated heterocycles. The monoisotopic (exact) mass is 261 g/mol. The van der Waals surface area contributed by atoms with Gasteiger partial charge in [-0.15, -0.1) is 9.98 Å². The summed E-state index contributed by atoms with van der Waals surface area (Å²) < 4.78 is 4.68. The molecule has 1 N–H and O–H groups in total. The summed E-state index contributed by atoms with van der Waals surface area (Å²) in [5.41, 5.74) is 0.301. The lowest BCUT2D eigenvalue weighted by atomic mass is 10.1. The molecule has 0 aliphatic heterocycles. The smallest absolute Gasteiger partial charge is 0.410 e. The highest BCUT2D eigenvalue weighted by atomic mass is 16.5. The van der Waals surface area contributed by atoms with E-state index in [1.807, 2.05) is 0 Å². The van der Waals surface area contributed by atoms with Crippen molar-refractivity contribution < 1.29 is 19.1 Å². The van der Waals surface area contributed by atoms with E-state index < -0.39 is 11.9 Å². The van der Waals surface area contributed by atoms with E-state index in [2.05, 4.69) is 20.0 Å². The summed E-state index contributed by atoms with van der Waals surface area (Å²) in [6.07, 6.45) is 1.67. The quantitative estimate of drug-likeness (QED) is 0.636. The van der Waals surface area contributed by atoms with E-state index in [9.17, 15) is 14.4 Å². The van der Waals surface area contributed by atoms with Gasteiger partial charge in [-0.25, -0.2) is 14.4 Å². The van der Waals surface area contributed by atoms with Crippen LogP contribution in [-0.4, -0.2) is 24.9 Å². The van der Waals surface area contributed by atoms with Crippen molar-refractivity contribution in [2.24, 2.45) is 9.98 Å². The van der Waals surface area contributed by atoms with Gasteiger partial charge in [0, 0.05) is 5.56 Å². The van der Waals surface area contributed by atoms with Gasteiger partial charge in [0.15, 0.2) is 0 Å². The summed E-state index contributed by atoms with van der Waals surface area (Å²) in [5.74, 6) is -1.91. The molecule has 7 nitrogen and oxygen atoms in total. The zero-order chi connectivity index (χ0) is 14.1. The Kier molecular flexibility index (Phi) is 5.17. The molecule has 0 aromatic heterocycles. The standard InChI is InChI=1S/C12H11N3O4/c1-2-19-11(18)15-12(13-8-16,14-9-17)10-6-4-3-5-7-10/h3-7H,2H2,1H3,(H,15,18). The Morgan fingerprint density at radius 1 is 1.26 bits per heavy atom. The van der Waals surface area contributed by atoms with Crippen molar-refractivity contribution in [3.8, 4) is 0 Å². The minimum Gasteiger partial charge on any atom is -0.450 e. The van der Waals surface area contributed by atoms with Crippen LogP contribution in [0.15, 0.2) is 40.3 Å². The number of aliphatic imine (C=N–C) groups is 2. The first-order valence-corrected chi connectivity index (χ1v) is 5.37. The van der Waals surface area contributed by atoms with Crippen LogP contribution >= 0.6 is 0 Å². The molecule has 0 atom stereocenters. The molecule has 1 aromatic rings. The van der Waals surface area contributed by atoms with Crippen molar-refractivity contribution >= 4 is 18.3 Å². The highest BCUT2D eigenvalue weighted by molar-refractivity contribution is 5.69. The zero-order valence-corrected chi connectivity index (χ0v) is 10.1. The van der Waals surface area contributed by atoms with Gasteiger partial charge < -0.3 is 4.74 Å². The molecule has 0 saturated carbocycles. The topological polar surface area (TPSA) is 97.2 Å². The van der Waals surface area contributed by atoms with E-state index in [1.165, 1.54) is 24.3 Å². The first kappa shape index (κ1) is 14.3. The van der Waals surface area contributed by atoms with Gasteiger partial charge in [-0.3, -0.25) is 5.32 Å². The van der Waals surface area contributed by atoms with E-state index in [4.69, 9.17) is 0 Å². The molecule has 0 bridgehead atoms. The molecule has 0 heterocycles. The van der Waals surface area contributed by atoms with Gasteiger partial charge in [-0.05, 0) is 6.92 Å². The minimum absolute atomic E-state index is 0.117. The molecule has 0 spiro atoms. The summed E-state index contributed by atoms with van der Waals surface area (Å²) in [4.78, 5) is 39.3. The summed E-state index contributed by atoms with van der Waals surface area (Å²) in [5, 5.41) is 2.23. The number of nitrogens with one attached hydrogen (secondary N) is 1. The second-order valence-electron chi connectivity index (χ2n) is 3.29. The van der Waals surface area contributed by atoms with Crippen LogP contribution in [0.4, 0.5) is 4.79 Å². The Bertz CT molecular complexity index is 513. The number of alkyl carbamates (subject to hydrolysis) is 1. The predicted molar refractivity (Wildman–Crippen MR) is 64.5 cm³/mol. The largest absolute Gasteiger partial charge is 0.450 e.